The van der Waals surface area contributed by atoms with Gasteiger partial charge in [-0.15, -0.1) is 0 Å². The van der Waals surface area contributed by atoms with Crippen LogP contribution in [0.1, 0.15) is 19.4 Å². The molecule has 0 amide bonds. The van der Waals surface area contributed by atoms with E-state index >= 15 is 0 Å². The SMILES string of the molecule is Cc1cc(F)ccc1OCC(O)CNC(C)C. The van der Waals surface area contributed by atoms with Crippen molar-refractivity contribution in [2.75, 3.05) is 13.2 Å². The van der Waals surface area contributed by atoms with Gasteiger partial charge in [0, 0.05) is 12.6 Å². The van der Waals surface area contributed by atoms with Crippen LogP contribution < -0.4 is 10.1 Å². The lowest BCUT2D eigenvalue weighted by atomic mass is 10.2. The van der Waals surface area contributed by atoms with Crippen molar-refractivity contribution < 1.29 is 14.2 Å². The summed E-state index contributed by atoms with van der Waals surface area (Å²) in [6, 6.07) is 4.67. The molecular formula is C13H20FNO2. The Hall–Kier alpha value is -1.13. The normalized spacial score (nSPS) is 12.8. The predicted octanol–water partition coefficient (Wildman–Crippen LogP) is 1.87. The lowest BCUT2D eigenvalue weighted by Gasteiger charge is -2.15. The quantitative estimate of drug-likeness (QED) is 0.799. The first-order valence-corrected chi connectivity index (χ1v) is 5.79. The highest BCUT2D eigenvalue weighted by Crippen LogP contribution is 2.18. The maximum absolute atomic E-state index is 12.8. The first-order chi connectivity index (χ1) is 7.99. The fraction of sp³-hybridized carbons (Fsp3) is 0.538. The number of ether oxygens (including phenoxy) is 1. The number of aryl methyl sites for hydroxylation is 1. The monoisotopic (exact) mass is 241 g/mol. The highest BCUT2D eigenvalue weighted by Gasteiger charge is 2.07. The van der Waals surface area contributed by atoms with E-state index in [1.165, 1.54) is 12.1 Å². The Balaban J connectivity index is 2.39. The second kappa shape index (κ2) is 6.57. The molecule has 0 aromatic heterocycles. The third-order valence-electron chi connectivity index (χ3n) is 2.33. The van der Waals surface area contributed by atoms with Gasteiger partial charge in [0.2, 0.25) is 0 Å². The van der Waals surface area contributed by atoms with E-state index < -0.39 is 6.10 Å². The molecule has 2 N–H and O–H groups in total. The lowest BCUT2D eigenvalue weighted by molar-refractivity contribution is 0.104. The van der Waals surface area contributed by atoms with E-state index in [-0.39, 0.29) is 12.4 Å². The smallest absolute Gasteiger partial charge is 0.123 e. The Morgan fingerprint density at radius 1 is 1.41 bits per heavy atom. The number of hydrogen-bond acceptors (Lipinski definition) is 3. The van der Waals surface area contributed by atoms with Crippen LogP contribution in [-0.2, 0) is 0 Å². The van der Waals surface area contributed by atoms with E-state index in [0.717, 1.165) is 5.56 Å². The van der Waals surface area contributed by atoms with Crippen molar-refractivity contribution in [1.82, 2.24) is 5.32 Å². The Morgan fingerprint density at radius 2 is 2.12 bits per heavy atom. The number of rotatable bonds is 6. The minimum Gasteiger partial charge on any atom is -0.491 e. The third kappa shape index (κ3) is 5.15. The zero-order valence-electron chi connectivity index (χ0n) is 10.5. The van der Waals surface area contributed by atoms with Gasteiger partial charge in [0.05, 0.1) is 0 Å². The second-order valence-corrected chi connectivity index (χ2v) is 4.44. The molecule has 0 aliphatic heterocycles. The van der Waals surface area contributed by atoms with Crippen LogP contribution >= 0.6 is 0 Å². The molecule has 0 fully saturated rings. The molecule has 0 aliphatic rings. The van der Waals surface area contributed by atoms with Crippen LogP contribution in [0.25, 0.3) is 0 Å². The molecule has 0 bridgehead atoms. The fourth-order valence-electron chi connectivity index (χ4n) is 1.39. The van der Waals surface area contributed by atoms with Crippen molar-refractivity contribution >= 4 is 0 Å². The summed E-state index contributed by atoms with van der Waals surface area (Å²) < 4.78 is 18.3. The van der Waals surface area contributed by atoms with Crippen LogP contribution in [0.2, 0.25) is 0 Å². The van der Waals surface area contributed by atoms with Gasteiger partial charge in [0.15, 0.2) is 0 Å². The second-order valence-electron chi connectivity index (χ2n) is 4.44. The van der Waals surface area contributed by atoms with Gasteiger partial charge in [-0.2, -0.15) is 0 Å². The van der Waals surface area contributed by atoms with Crippen LogP contribution in [0, 0.1) is 12.7 Å². The number of hydrogen-bond donors (Lipinski definition) is 2. The summed E-state index contributed by atoms with van der Waals surface area (Å²) in [7, 11) is 0. The predicted molar refractivity (Wildman–Crippen MR) is 65.8 cm³/mol. The molecule has 0 radical (unpaired) electrons. The molecule has 0 aliphatic carbocycles. The number of aliphatic hydroxyl groups excluding tert-OH is 1. The standard InChI is InChI=1S/C13H20FNO2/c1-9(2)15-7-12(16)8-17-13-5-4-11(14)6-10(13)3/h4-6,9,12,15-16H,7-8H2,1-3H3. The van der Waals surface area contributed by atoms with E-state index in [1.54, 1.807) is 13.0 Å². The molecule has 0 spiro atoms. The average molecular weight is 241 g/mol. The molecule has 0 saturated heterocycles. The van der Waals surface area contributed by atoms with Crippen molar-refractivity contribution in [1.29, 1.82) is 0 Å². The van der Waals surface area contributed by atoms with Crippen LogP contribution in [0.15, 0.2) is 18.2 Å². The van der Waals surface area contributed by atoms with Crippen molar-refractivity contribution in [3.8, 4) is 5.75 Å². The number of nitrogens with one attached hydrogen (secondary N) is 1. The minimum absolute atomic E-state index is 0.201. The van der Waals surface area contributed by atoms with Gasteiger partial charge in [0.1, 0.15) is 24.3 Å². The van der Waals surface area contributed by atoms with Crippen LogP contribution in [-0.4, -0.2) is 30.4 Å². The molecule has 1 atom stereocenters. The van der Waals surface area contributed by atoms with Gasteiger partial charge in [-0.25, -0.2) is 4.39 Å². The Labute approximate surface area is 102 Å². The zero-order valence-corrected chi connectivity index (χ0v) is 10.5. The molecular weight excluding hydrogens is 221 g/mol. The van der Waals surface area contributed by atoms with Crippen molar-refractivity contribution in [3.63, 3.8) is 0 Å². The fourth-order valence-corrected chi connectivity index (χ4v) is 1.39. The van der Waals surface area contributed by atoms with Gasteiger partial charge >= 0.3 is 0 Å². The van der Waals surface area contributed by atoms with Crippen LogP contribution in [0.3, 0.4) is 0 Å². The number of benzene rings is 1. The zero-order chi connectivity index (χ0) is 12.8. The molecule has 17 heavy (non-hydrogen) atoms. The molecule has 0 saturated carbocycles. The summed E-state index contributed by atoms with van der Waals surface area (Å²) in [6.45, 7) is 6.48. The molecule has 96 valence electrons. The molecule has 1 unspecified atom stereocenters. The summed E-state index contributed by atoms with van der Waals surface area (Å²) in [5, 5.41) is 12.8. The van der Waals surface area contributed by atoms with Crippen molar-refractivity contribution in [2.45, 2.75) is 32.9 Å². The largest absolute Gasteiger partial charge is 0.491 e. The maximum Gasteiger partial charge on any atom is 0.123 e. The molecule has 1 aromatic rings. The summed E-state index contributed by atoms with van der Waals surface area (Å²) >= 11 is 0. The average Bonchev–Trinajstić information content (AvgIpc) is 2.25. The first kappa shape index (κ1) is 13.9. The first-order valence-electron chi connectivity index (χ1n) is 5.79. The maximum atomic E-state index is 12.8. The van der Waals surface area contributed by atoms with E-state index in [2.05, 4.69) is 5.32 Å². The molecule has 3 nitrogen and oxygen atoms in total. The molecule has 1 rings (SSSR count). The van der Waals surface area contributed by atoms with Crippen LogP contribution in [0.4, 0.5) is 4.39 Å². The Bertz CT molecular complexity index is 355. The molecule has 1 aromatic carbocycles. The van der Waals surface area contributed by atoms with E-state index in [9.17, 15) is 9.50 Å². The van der Waals surface area contributed by atoms with E-state index in [0.29, 0.717) is 18.3 Å². The molecule has 0 heterocycles. The van der Waals surface area contributed by atoms with Crippen molar-refractivity contribution in [2.24, 2.45) is 0 Å². The third-order valence-corrected chi connectivity index (χ3v) is 2.33. The Kier molecular flexibility index (Phi) is 5.38. The van der Waals surface area contributed by atoms with Crippen molar-refractivity contribution in [3.05, 3.63) is 29.6 Å². The highest BCUT2D eigenvalue weighted by atomic mass is 19.1. The van der Waals surface area contributed by atoms with E-state index in [1.807, 2.05) is 13.8 Å². The van der Waals surface area contributed by atoms with Gasteiger partial charge in [-0.3, -0.25) is 0 Å². The number of aliphatic hydroxyl groups is 1. The minimum atomic E-state index is -0.568. The van der Waals surface area contributed by atoms with Crippen LogP contribution in [0.5, 0.6) is 5.75 Å². The molecule has 4 heteroatoms. The number of halogens is 1. The summed E-state index contributed by atoms with van der Waals surface area (Å²) in [4.78, 5) is 0. The summed E-state index contributed by atoms with van der Waals surface area (Å²) in [5.74, 6) is 0.326. The highest BCUT2D eigenvalue weighted by molar-refractivity contribution is 5.32. The Morgan fingerprint density at radius 3 is 2.71 bits per heavy atom. The van der Waals surface area contributed by atoms with Gasteiger partial charge < -0.3 is 15.2 Å². The topological polar surface area (TPSA) is 41.5 Å². The van der Waals surface area contributed by atoms with Gasteiger partial charge in [0.25, 0.3) is 0 Å². The van der Waals surface area contributed by atoms with Gasteiger partial charge in [-0.05, 0) is 30.7 Å². The van der Waals surface area contributed by atoms with Gasteiger partial charge in [-0.1, -0.05) is 13.8 Å². The summed E-state index contributed by atoms with van der Waals surface area (Å²) in [6.07, 6.45) is -0.568. The lowest BCUT2D eigenvalue weighted by Crippen LogP contribution is -2.35. The van der Waals surface area contributed by atoms with E-state index in [4.69, 9.17) is 4.74 Å². The summed E-state index contributed by atoms with van der Waals surface area (Å²) in [5.41, 5.74) is 0.731.